The Morgan fingerprint density at radius 1 is 1.25 bits per heavy atom. The zero-order valence-electron chi connectivity index (χ0n) is 11.2. The summed E-state index contributed by atoms with van der Waals surface area (Å²) in [4.78, 5) is 13.9. The van der Waals surface area contributed by atoms with E-state index in [0.717, 1.165) is 44.5 Å². The number of rotatable bonds is 2. The second kappa shape index (κ2) is 5.70. The van der Waals surface area contributed by atoms with Crippen molar-refractivity contribution in [2.45, 2.75) is 31.2 Å². The van der Waals surface area contributed by atoms with Crippen LogP contribution in [-0.4, -0.2) is 36.5 Å². The average molecular weight is 297 g/mol. The topological polar surface area (TPSA) is 32.3 Å². The minimum Gasteiger partial charge on any atom is -0.355 e. The van der Waals surface area contributed by atoms with Crippen LogP contribution in [0.5, 0.6) is 0 Å². The van der Waals surface area contributed by atoms with Gasteiger partial charge in [-0.05, 0) is 56.0 Å². The molecule has 2 aliphatic rings. The molecule has 3 nitrogen and oxygen atoms in total. The third-order valence-electron chi connectivity index (χ3n) is 4.39. The second-order valence-corrected chi connectivity index (χ2v) is 6.01. The van der Waals surface area contributed by atoms with Gasteiger partial charge in [0.25, 0.3) is 0 Å². The molecule has 5 heteroatoms. The summed E-state index contributed by atoms with van der Waals surface area (Å²) in [5.74, 6) is 0.156. The largest absolute Gasteiger partial charge is 0.355 e. The highest BCUT2D eigenvalue weighted by Crippen LogP contribution is 2.32. The van der Waals surface area contributed by atoms with Gasteiger partial charge in [-0.15, -0.1) is 0 Å². The molecular formula is C15H18ClFN2O. The van der Waals surface area contributed by atoms with E-state index in [1.165, 1.54) is 6.07 Å². The van der Waals surface area contributed by atoms with Gasteiger partial charge >= 0.3 is 0 Å². The highest BCUT2D eigenvalue weighted by Gasteiger charge is 2.33. The standard InChI is InChI=1S/C15H18ClFN2O/c16-11-1-2-12(13(17)9-11)10-4-7-19(8-5-10)14-3-6-18-15(14)20/h1-2,9-10,14H,3-8H2,(H,18,20). The smallest absolute Gasteiger partial charge is 0.237 e. The predicted molar refractivity (Wildman–Crippen MR) is 76.4 cm³/mol. The fraction of sp³-hybridized carbons (Fsp3) is 0.533. The molecular weight excluding hydrogens is 279 g/mol. The molecule has 0 bridgehead atoms. The van der Waals surface area contributed by atoms with E-state index in [0.29, 0.717) is 5.02 Å². The lowest BCUT2D eigenvalue weighted by atomic mass is 9.88. The van der Waals surface area contributed by atoms with Crippen LogP contribution in [0.1, 0.15) is 30.7 Å². The molecule has 0 saturated carbocycles. The molecule has 0 spiro atoms. The van der Waals surface area contributed by atoms with Crippen LogP contribution in [-0.2, 0) is 4.79 Å². The number of piperidine rings is 1. The fourth-order valence-electron chi connectivity index (χ4n) is 3.28. The van der Waals surface area contributed by atoms with Crippen LogP contribution in [0.3, 0.4) is 0 Å². The lowest BCUT2D eigenvalue weighted by Gasteiger charge is -2.35. The first-order chi connectivity index (χ1) is 9.65. The molecule has 108 valence electrons. The molecule has 2 fully saturated rings. The Morgan fingerprint density at radius 2 is 2.00 bits per heavy atom. The quantitative estimate of drug-likeness (QED) is 0.910. The van der Waals surface area contributed by atoms with Gasteiger partial charge in [0.05, 0.1) is 6.04 Å². The summed E-state index contributed by atoms with van der Waals surface area (Å²) in [6.45, 7) is 2.48. The van der Waals surface area contributed by atoms with Crippen molar-refractivity contribution in [3.63, 3.8) is 0 Å². The molecule has 1 aromatic carbocycles. The Balaban J connectivity index is 1.65. The van der Waals surface area contributed by atoms with Gasteiger partial charge in [-0.2, -0.15) is 0 Å². The van der Waals surface area contributed by atoms with E-state index in [9.17, 15) is 9.18 Å². The van der Waals surface area contributed by atoms with E-state index < -0.39 is 0 Å². The van der Waals surface area contributed by atoms with Crippen LogP contribution in [0, 0.1) is 5.82 Å². The van der Waals surface area contributed by atoms with Gasteiger partial charge in [-0.3, -0.25) is 9.69 Å². The van der Waals surface area contributed by atoms with E-state index in [-0.39, 0.29) is 23.7 Å². The average Bonchev–Trinajstić information content (AvgIpc) is 2.85. The zero-order valence-corrected chi connectivity index (χ0v) is 12.0. The number of benzene rings is 1. The first-order valence-electron chi connectivity index (χ1n) is 7.12. The molecule has 3 rings (SSSR count). The Bertz CT molecular complexity index is 515. The van der Waals surface area contributed by atoms with Gasteiger partial charge in [0, 0.05) is 11.6 Å². The third kappa shape index (κ3) is 2.67. The highest BCUT2D eigenvalue weighted by atomic mass is 35.5. The van der Waals surface area contributed by atoms with Crippen molar-refractivity contribution in [3.8, 4) is 0 Å². The van der Waals surface area contributed by atoms with Crippen LogP contribution in [0.2, 0.25) is 5.02 Å². The molecule has 2 heterocycles. The Hall–Kier alpha value is -1.13. The van der Waals surface area contributed by atoms with Crippen LogP contribution >= 0.6 is 11.6 Å². The SMILES string of the molecule is O=C1NCCC1N1CCC(c2ccc(Cl)cc2F)CC1. The number of hydrogen-bond acceptors (Lipinski definition) is 2. The van der Waals surface area contributed by atoms with Gasteiger partial charge in [0.15, 0.2) is 0 Å². The molecule has 0 radical (unpaired) electrons. The zero-order chi connectivity index (χ0) is 14.1. The lowest BCUT2D eigenvalue weighted by molar-refractivity contribution is -0.124. The number of nitrogens with zero attached hydrogens (tertiary/aromatic N) is 1. The van der Waals surface area contributed by atoms with Crippen molar-refractivity contribution in [3.05, 3.63) is 34.6 Å². The fourth-order valence-corrected chi connectivity index (χ4v) is 3.44. The predicted octanol–water partition coefficient (Wildman–Crippen LogP) is 2.55. The minimum absolute atomic E-state index is 0.0195. The van der Waals surface area contributed by atoms with Crippen molar-refractivity contribution >= 4 is 17.5 Å². The summed E-state index contributed by atoms with van der Waals surface area (Å²) in [5, 5.41) is 3.31. The van der Waals surface area contributed by atoms with Crippen LogP contribution < -0.4 is 5.32 Å². The van der Waals surface area contributed by atoms with E-state index in [2.05, 4.69) is 10.2 Å². The normalized spacial score (nSPS) is 24.9. The number of hydrogen-bond donors (Lipinski definition) is 1. The van der Waals surface area contributed by atoms with Gasteiger partial charge in [-0.25, -0.2) is 4.39 Å². The third-order valence-corrected chi connectivity index (χ3v) is 4.63. The Labute approximate surface area is 123 Å². The molecule has 2 saturated heterocycles. The number of carbonyl (C=O) groups excluding carboxylic acids is 1. The molecule has 1 unspecified atom stereocenters. The highest BCUT2D eigenvalue weighted by molar-refractivity contribution is 6.30. The van der Waals surface area contributed by atoms with Crippen molar-refractivity contribution in [1.29, 1.82) is 0 Å². The van der Waals surface area contributed by atoms with Gasteiger partial charge in [-0.1, -0.05) is 17.7 Å². The van der Waals surface area contributed by atoms with Crippen LogP contribution in [0.15, 0.2) is 18.2 Å². The van der Waals surface area contributed by atoms with E-state index >= 15 is 0 Å². The number of carbonyl (C=O) groups is 1. The van der Waals surface area contributed by atoms with E-state index in [1.54, 1.807) is 12.1 Å². The van der Waals surface area contributed by atoms with E-state index in [4.69, 9.17) is 11.6 Å². The number of amides is 1. The van der Waals surface area contributed by atoms with E-state index in [1.807, 2.05) is 0 Å². The number of halogens is 2. The monoisotopic (exact) mass is 296 g/mol. The molecule has 20 heavy (non-hydrogen) atoms. The molecule has 1 amide bonds. The first kappa shape index (κ1) is 13.8. The van der Waals surface area contributed by atoms with Gasteiger partial charge in [0.2, 0.25) is 5.91 Å². The maximum atomic E-state index is 13.9. The summed E-state index contributed by atoms with van der Waals surface area (Å²) in [6.07, 6.45) is 2.67. The van der Waals surface area contributed by atoms with Gasteiger partial charge < -0.3 is 5.32 Å². The summed E-state index contributed by atoms with van der Waals surface area (Å²) in [7, 11) is 0. The van der Waals surface area contributed by atoms with Crippen molar-refractivity contribution in [1.82, 2.24) is 10.2 Å². The van der Waals surface area contributed by atoms with Gasteiger partial charge in [0.1, 0.15) is 5.82 Å². The Morgan fingerprint density at radius 3 is 2.60 bits per heavy atom. The van der Waals surface area contributed by atoms with Crippen molar-refractivity contribution in [2.24, 2.45) is 0 Å². The minimum atomic E-state index is -0.213. The lowest BCUT2D eigenvalue weighted by Crippen LogP contribution is -2.44. The second-order valence-electron chi connectivity index (χ2n) is 5.57. The summed E-state index contributed by atoms with van der Waals surface area (Å²) in [6, 6.07) is 4.94. The summed E-state index contributed by atoms with van der Waals surface area (Å²) >= 11 is 5.79. The molecule has 0 aromatic heterocycles. The summed E-state index contributed by atoms with van der Waals surface area (Å²) in [5.41, 5.74) is 0.755. The van der Waals surface area contributed by atoms with Crippen LogP contribution in [0.4, 0.5) is 4.39 Å². The Kier molecular flexibility index (Phi) is 3.94. The maximum absolute atomic E-state index is 13.9. The molecule has 1 atom stereocenters. The van der Waals surface area contributed by atoms with Crippen molar-refractivity contribution in [2.75, 3.05) is 19.6 Å². The van der Waals surface area contributed by atoms with Crippen LogP contribution in [0.25, 0.3) is 0 Å². The molecule has 1 aromatic rings. The number of likely N-dealkylation sites (tertiary alicyclic amines) is 1. The molecule has 0 aliphatic carbocycles. The molecule has 2 aliphatic heterocycles. The first-order valence-corrected chi connectivity index (χ1v) is 7.49. The maximum Gasteiger partial charge on any atom is 0.237 e. The van der Waals surface area contributed by atoms with Crippen molar-refractivity contribution < 1.29 is 9.18 Å². The summed E-state index contributed by atoms with van der Waals surface area (Å²) < 4.78 is 13.9. The molecule has 1 N–H and O–H groups in total. The number of nitrogens with one attached hydrogen (secondary N) is 1.